The molecule has 0 aliphatic carbocycles. The molecule has 3 aromatic carbocycles. The van der Waals surface area contributed by atoms with Crippen LogP contribution in [0, 0.1) is 0 Å². The van der Waals surface area contributed by atoms with Crippen molar-refractivity contribution in [3.8, 4) is 11.1 Å². The molecule has 3 aromatic rings. The second-order valence-electron chi connectivity index (χ2n) is 5.24. The first-order chi connectivity index (χ1) is 11.7. The van der Waals surface area contributed by atoms with E-state index in [9.17, 15) is 4.79 Å². The van der Waals surface area contributed by atoms with Crippen LogP contribution in [0.25, 0.3) is 11.1 Å². The van der Waals surface area contributed by atoms with Gasteiger partial charge in [0.05, 0.1) is 17.5 Å². The minimum atomic E-state index is -0.959. The summed E-state index contributed by atoms with van der Waals surface area (Å²) in [5.74, 6) is -0.959. The minimum absolute atomic E-state index is 0.224. The number of nitrogens with zero attached hydrogens (tertiary/aromatic N) is 1. The predicted molar refractivity (Wildman–Crippen MR) is 96.5 cm³/mol. The topological polar surface area (TPSA) is 61.7 Å². The van der Waals surface area contributed by atoms with Crippen LogP contribution in [0.2, 0.25) is 0 Å². The molecule has 0 heterocycles. The molecule has 0 fully saturated rings. The van der Waals surface area contributed by atoms with Gasteiger partial charge in [-0.15, -0.1) is 0 Å². The Hall–Kier alpha value is -3.40. The van der Waals surface area contributed by atoms with Gasteiger partial charge in [0.2, 0.25) is 0 Å². The predicted octanol–water partition coefficient (Wildman–Crippen LogP) is 4.50. The number of hydrogen-bond acceptors (Lipinski definition) is 3. The van der Waals surface area contributed by atoms with E-state index in [1.807, 2.05) is 42.5 Å². The summed E-state index contributed by atoms with van der Waals surface area (Å²) in [6, 6.07) is 24.7. The molecule has 0 radical (unpaired) electrons. The fourth-order valence-electron chi connectivity index (χ4n) is 2.30. The third-order valence-corrected chi connectivity index (χ3v) is 3.53. The highest BCUT2D eigenvalue weighted by molar-refractivity contribution is 5.89. The van der Waals surface area contributed by atoms with Crippen molar-refractivity contribution in [3.63, 3.8) is 0 Å². The zero-order valence-corrected chi connectivity index (χ0v) is 12.9. The van der Waals surface area contributed by atoms with Gasteiger partial charge in [-0.25, -0.2) is 4.79 Å². The van der Waals surface area contributed by atoms with E-state index in [0.29, 0.717) is 5.69 Å². The lowest BCUT2D eigenvalue weighted by atomic mass is 10.0. The highest BCUT2D eigenvalue weighted by Crippen LogP contribution is 2.18. The number of aromatic carboxylic acids is 1. The molecule has 24 heavy (non-hydrogen) atoms. The van der Waals surface area contributed by atoms with Crippen molar-refractivity contribution >= 4 is 17.9 Å². The molecule has 2 N–H and O–H groups in total. The van der Waals surface area contributed by atoms with Gasteiger partial charge in [0.15, 0.2) is 0 Å². The summed E-state index contributed by atoms with van der Waals surface area (Å²) < 4.78 is 0. The number of carbonyl (C=O) groups is 1. The molecule has 118 valence electrons. The van der Waals surface area contributed by atoms with Crippen LogP contribution in [0.4, 0.5) is 5.69 Å². The third-order valence-electron chi connectivity index (χ3n) is 3.53. The number of anilines is 1. The average Bonchev–Trinajstić information content (AvgIpc) is 2.63. The van der Waals surface area contributed by atoms with Gasteiger partial charge in [0.1, 0.15) is 0 Å². The lowest BCUT2D eigenvalue weighted by molar-refractivity contribution is 0.0697. The normalized spacial score (nSPS) is 10.7. The van der Waals surface area contributed by atoms with Gasteiger partial charge in [0.25, 0.3) is 0 Å². The van der Waals surface area contributed by atoms with Crippen LogP contribution in [-0.2, 0) is 0 Å². The molecule has 0 bridgehead atoms. The van der Waals surface area contributed by atoms with Gasteiger partial charge in [-0.3, -0.25) is 5.43 Å². The van der Waals surface area contributed by atoms with Crippen molar-refractivity contribution in [3.05, 3.63) is 90.0 Å². The second kappa shape index (κ2) is 7.24. The van der Waals surface area contributed by atoms with E-state index in [1.165, 1.54) is 11.6 Å². The Balaban J connectivity index is 1.67. The summed E-state index contributed by atoms with van der Waals surface area (Å²) in [5, 5.41) is 13.1. The summed E-state index contributed by atoms with van der Waals surface area (Å²) in [6.07, 6.45) is 1.70. The molecule has 0 saturated carbocycles. The first-order valence-electron chi connectivity index (χ1n) is 7.50. The molecule has 0 atom stereocenters. The first-order valence-corrected chi connectivity index (χ1v) is 7.50. The van der Waals surface area contributed by atoms with Crippen molar-refractivity contribution in [2.45, 2.75) is 0 Å². The number of rotatable bonds is 5. The fourth-order valence-corrected chi connectivity index (χ4v) is 2.30. The van der Waals surface area contributed by atoms with Crippen LogP contribution in [-0.4, -0.2) is 17.3 Å². The molecule has 0 unspecified atom stereocenters. The third kappa shape index (κ3) is 3.87. The van der Waals surface area contributed by atoms with Crippen molar-refractivity contribution in [2.24, 2.45) is 5.10 Å². The summed E-state index contributed by atoms with van der Waals surface area (Å²) in [7, 11) is 0. The zero-order valence-electron chi connectivity index (χ0n) is 12.9. The van der Waals surface area contributed by atoms with Crippen LogP contribution in [0.15, 0.2) is 84.0 Å². The Morgan fingerprint density at radius 3 is 2.29 bits per heavy atom. The summed E-state index contributed by atoms with van der Waals surface area (Å²) in [6.45, 7) is 0. The van der Waals surface area contributed by atoms with Crippen molar-refractivity contribution in [1.82, 2.24) is 0 Å². The van der Waals surface area contributed by atoms with Crippen LogP contribution in [0.1, 0.15) is 15.9 Å². The second-order valence-corrected chi connectivity index (χ2v) is 5.24. The van der Waals surface area contributed by atoms with E-state index < -0.39 is 5.97 Å². The van der Waals surface area contributed by atoms with E-state index in [4.69, 9.17) is 5.11 Å². The first kappa shape index (κ1) is 15.5. The molecular weight excluding hydrogens is 300 g/mol. The molecule has 0 saturated heterocycles. The van der Waals surface area contributed by atoms with E-state index in [1.54, 1.807) is 24.4 Å². The van der Waals surface area contributed by atoms with Crippen molar-refractivity contribution < 1.29 is 9.90 Å². The summed E-state index contributed by atoms with van der Waals surface area (Å²) >= 11 is 0. The van der Waals surface area contributed by atoms with E-state index in [0.717, 1.165) is 11.1 Å². The summed E-state index contributed by atoms with van der Waals surface area (Å²) in [4.78, 5) is 10.9. The van der Waals surface area contributed by atoms with E-state index >= 15 is 0 Å². The van der Waals surface area contributed by atoms with Gasteiger partial charge >= 0.3 is 5.97 Å². The maximum Gasteiger partial charge on any atom is 0.335 e. The van der Waals surface area contributed by atoms with Gasteiger partial charge in [0, 0.05) is 0 Å². The van der Waals surface area contributed by atoms with Crippen molar-refractivity contribution in [1.29, 1.82) is 0 Å². The quantitative estimate of drug-likeness (QED) is 0.538. The molecule has 0 aromatic heterocycles. The molecule has 3 rings (SSSR count). The Bertz CT molecular complexity index is 856. The Labute approximate surface area is 140 Å². The lowest BCUT2D eigenvalue weighted by Crippen LogP contribution is -1.97. The lowest BCUT2D eigenvalue weighted by Gasteiger charge is -2.03. The molecule has 0 aliphatic rings. The number of nitrogens with one attached hydrogen (secondary N) is 1. The maximum absolute atomic E-state index is 10.9. The maximum atomic E-state index is 10.9. The van der Waals surface area contributed by atoms with E-state index in [-0.39, 0.29) is 5.56 Å². The number of carboxylic acids is 1. The Morgan fingerprint density at radius 2 is 1.58 bits per heavy atom. The van der Waals surface area contributed by atoms with Crippen molar-refractivity contribution in [2.75, 3.05) is 5.43 Å². The van der Waals surface area contributed by atoms with Gasteiger partial charge < -0.3 is 5.11 Å². The number of hydrazone groups is 1. The smallest absolute Gasteiger partial charge is 0.335 e. The molecule has 0 aliphatic heterocycles. The minimum Gasteiger partial charge on any atom is -0.478 e. The number of hydrogen-bond donors (Lipinski definition) is 2. The van der Waals surface area contributed by atoms with Gasteiger partial charge in [-0.1, -0.05) is 60.7 Å². The SMILES string of the molecule is O=C(O)c1cccc(N/N=C\c2ccc(-c3ccccc3)cc2)c1. The van der Waals surface area contributed by atoms with Gasteiger partial charge in [-0.2, -0.15) is 5.10 Å². The van der Waals surface area contributed by atoms with Crippen LogP contribution in [0.3, 0.4) is 0 Å². The monoisotopic (exact) mass is 316 g/mol. The molecular formula is C20H16N2O2. The molecule has 4 heteroatoms. The fraction of sp³-hybridized carbons (Fsp3) is 0. The highest BCUT2D eigenvalue weighted by Gasteiger charge is 2.02. The molecule has 0 spiro atoms. The van der Waals surface area contributed by atoms with Gasteiger partial charge in [-0.05, 0) is 34.9 Å². The highest BCUT2D eigenvalue weighted by atomic mass is 16.4. The zero-order chi connectivity index (χ0) is 16.8. The van der Waals surface area contributed by atoms with Crippen LogP contribution < -0.4 is 5.43 Å². The summed E-state index contributed by atoms with van der Waals surface area (Å²) in [5.41, 5.74) is 6.97. The Kier molecular flexibility index (Phi) is 4.68. The number of benzene rings is 3. The number of carboxylic acid groups (broad SMARTS) is 1. The van der Waals surface area contributed by atoms with Crippen LogP contribution >= 0.6 is 0 Å². The largest absolute Gasteiger partial charge is 0.478 e. The molecule has 4 nitrogen and oxygen atoms in total. The molecule has 0 amide bonds. The Morgan fingerprint density at radius 1 is 0.875 bits per heavy atom. The van der Waals surface area contributed by atoms with Crippen LogP contribution in [0.5, 0.6) is 0 Å². The van der Waals surface area contributed by atoms with E-state index in [2.05, 4.69) is 22.7 Å². The standard InChI is InChI=1S/C20H16N2O2/c23-20(24)18-7-4-8-19(13-18)22-21-14-15-9-11-17(12-10-15)16-5-2-1-3-6-16/h1-14,22H,(H,23,24)/b21-14-. The average molecular weight is 316 g/mol.